The van der Waals surface area contributed by atoms with Crippen LogP contribution in [0.5, 0.6) is 0 Å². The molecular formula is C19H18N4O2. The Balaban J connectivity index is 1.42. The first-order chi connectivity index (χ1) is 12.2. The van der Waals surface area contributed by atoms with Crippen molar-refractivity contribution in [3.05, 3.63) is 71.9 Å². The number of aliphatic hydroxyl groups is 1. The first-order valence-corrected chi connectivity index (χ1v) is 8.14. The van der Waals surface area contributed by atoms with E-state index in [2.05, 4.69) is 20.8 Å². The first-order valence-electron chi connectivity index (χ1n) is 8.14. The topological polar surface area (TPSA) is 90.0 Å². The summed E-state index contributed by atoms with van der Waals surface area (Å²) in [6.45, 7) is 0. The van der Waals surface area contributed by atoms with E-state index >= 15 is 0 Å². The number of amides is 2. The Morgan fingerprint density at radius 3 is 2.68 bits per heavy atom. The third kappa shape index (κ3) is 3.12. The van der Waals surface area contributed by atoms with Crippen molar-refractivity contribution in [1.29, 1.82) is 0 Å². The third-order valence-electron chi connectivity index (χ3n) is 4.45. The second kappa shape index (κ2) is 6.41. The van der Waals surface area contributed by atoms with Gasteiger partial charge in [0.2, 0.25) is 0 Å². The van der Waals surface area contributed by atoms with E-state index in [1.807, 2.05) is 54.6 Å². The Morgan fingerprint density at radius 1 is 1.12 bits per heavy atom. The molecule has 4 rings (SSSR count). The number of rotatable bonds is 3. The van der Waals surface area contributed by atoms with Crippen LogP contribution in [0.15, 0.2) is 60.8 Å². The molecule has 0 saturated carbocycles. The Kier molecular flexibility index (Phi) is 3.95. The number of carbonyl (C=O) groups excluding carboxylic acids is 1. The van der Waals surface area contributed by atoms with Gasteiger partial charge in [-0.2, -0.15) is 5.10 Å². The maximum atomic E-state index is 12.3. The van der Waals surface area contributed by atoms with Gasteiger partial charge in [0.25, 0.3) is 0 Å². The molecule has 2 aromatic carbocycles. The number of hydrogen-bond donors (Lipinski definition) is 4. The lowest BCUT2D eigenvalue weighted by atomic mass is 10.1. The molecule has 0 aliphatic heterocycles. The van der Waals surface area contributed by atoms with Crippen molar-refractivity contribution >= 4 is 11.7 Å². The molecule has 2 unspecified atom stereocenters. The Morgan fingerprint density at radius 2 is 1.92 bits per heavy atom. The van der Waals surface area contributed by atoms with Crippen molar-refractivity contribution < 1.29 is 9.90 Å². The standard InChI is InChI=1S/C19H18N4O2/c24-17-11-13-3-1-2-4-15(13)18(17)22-19(25)21-14-7-5-12(6-8-14)16-9-10-20-23-16/h1-10,17-18,24H,11H2,(H,20,23)(H2,21,22,25). The highest BCUT2D eigenvalue weighted by molar-refractivity contribution is 5.90. The van der Waals surface area contributed by atoms with Crippen LogP contribution >= 0.6 is 0 Å². The van der Waals surface area contributed by atoms with Crippen molar-refractivity contribution in [3.63, 3.8) is 0 Å². The van der Waals surface area contributed by atoms with Crippen molar-refractivity contribution in [3.8, 4) is 11.3 Å². The highest BCUT2D eigenvalue weighted by Gasteiger charge is 2.31. The highest BCUT2D eigenvalue weighted by atomic mass is 16.3. The molecule has 2 atom stereocenters. The smallest absolute Gasteiger partial charge is 0.319 e. The monoisotopic (exact) mass is 334 g/mol. The zero-order valence-corrected chi connectivity index (χ0v) is 13.4. The Labute approximate surface area is 144 Å². The van der Waals surface area contributed by atoms with Crippen LogP contribution in [0.3, 0.4) is 0 Å². The van der Waals surface area contributed by atoms with Gasteiger partial charge in [-0.15, -0.1) is 0 Å². The zero-order valence-electron chi connectivity index (χ0n) is 13.4. The number of H-pyrrole nitrogens is 1. The van der Waals surface area contributed by atoms with Crippen LogP contribution < -0.4 is 10.6 Å². The number of aliphatic hydroxyl groups excluding tert-OH is 1. The molecule has 6 heteroatoms. The SMILES string of the molecule is O=C(Nc1ccc(-c2ccn[nH]2)cc1)NC1c2ccccc2CC1O. The van der Waals surface area contributed by atoms with Crippen LogP contribution in [0, 0.1) is 0 Å². The first kappa shape index (κ1) is 15.4. The predicted octanol–water partition coefficient (Wildman–Crippen LogP) is 2.86. The van der Waals surface area contributed by atoms with Gasteiger partial charge in [0.15, 0.2) is 0 Å². The molecule has 3 aromatic rings. The molecule has 0 bridgehead atoms. The summed E-state index contributed by atoms with van der Waals surface area (Å²) in [6.07, 6.45) is 1.64. The number of fused-ring (bicyclic) bond motifs is 1. The largest absolute Gasteiger partial charge is 0.390 e. The number of hydrogen-bond acceptors (Lipinski definition) is 3. The second-order valence-corrected chi connectivity index (χ2v) is 6.09. The molecule has 1 heterocycles. The van der Waals surface area contributed by atoms with Crippen molar-refractivity contribution in [2.24, 2.45) is 0 Å². The molecule has 126 valence electrons. The van der Waals surface area contributed by atoms with Crippen molar-refractivity contribution in [1.82, 2.24) is 15.5 Å². The molecule has 1 aliphatic rings. The van der Waals surface area contributed by atoms with Crippen LogP contribution in [0.4, 0.5) is 10.5 Å². The summed E-state index contributed by atoms with van der Waals surface area (Å²) in [5.74, 6) is 0. The van der Waals surface area contributed by atoms with Crippen LogP contribution in [-0.2, 0) is 6.42 Å². The predicted molar refractivity (Wildman–Crippen MR) is 95.1 cm³/mol. The van der Waals surface area contributed by atoms with Crippen molar-refractivity contribution in [2.45, 2.75) is 18.6 Å². The van der Waals surface area contributed by atoms with Crippen LogP contribution in [0.1, 0.15) is 17.2 Å². The Bertz CT molecular complexity index is 875. The van der Waals surface area contributed by atoms with E-state index in [0.29, 0.717) is 12.1 Å². The van der Waals surface area contributed by atoms with E-state index in [9.17, 15) is 9.90 Å². The second-order valence-electron chi connectivity index (χ2n) is 6.09. The maximum absolute atomic E-state index is 12.3. The van der Waals surface area contributed by atoms with Gasteiger partial charge in [-0.05, 0) is 34.9 Å². The lowest BCUT2D eigenvalue weighted by Gasteiger charge is -2.18. The number of aromatic nitrogens is 2. The van der Waals surface area contributed by atoms with E-state index in [0.717, 1.165) is 22.4 Å². The van der Waals surface area contributed by atoms with Gasteiger partial charge in [0, 0.05) is 18.3 Å². The van der Waals surface area contributed by atoms with Gasteiger partial charge < -0.3 is 15.7 Å². The summed E-state index contributed by atoms with van der Waals surface area (Å²) < 4.78 is 0. The van der Waals surface area contributed by atoms with E-state index in [1.54, 1.807) is 6.20 Å². The number of urea groups is 1. The number of benzene rings is 2. The van der Waals surface area contributed by atoms with E-state index in [-0.39, 0.29) is 12.1 Å². The van der Waals surface area contributed by atoms with Gasteiger partial charge >= 0.3 is 6.03 Å². The fourth-order valence-corrected chi connectivity index (χ4v) is 3.21. The number of carbonyl (C=O) groups is 1. The average Bonchev–Trinajstić information content (AvgIpc) is 3.25. The Hall–Kier alpha value is -3.12. The minimum absolute atomic E-state index is 0.338. The number of nitrogens with zero attached hydrogens (tertiary/aromatic N) is 1. The van der Waals surface area contributed by atoms with Crippen LogP contribution in [-0.4, -0.2) is 27.4 Å². The molecular weight excluding hydrogens is 316 g/mol. The van der Waals surface area contributed by atoms with E-state index in [4.69, 9.17) is 0 Å². The van der Waals surface area contributed by atoms with Crippen LogP contribution in [0.25, 0.3) is 11.3 Å². The molecule has 1 aromatic heterocycles. The van der Waals surface area contributed by atoms with Crippen LogP contribution in [0.2, 0.25) is 0 Å². The maximum Gasteiger partial charge on any atom is 0.319 e. The normalized spacial score (nSPS) is 18.6. The molecule has 25 heavy (non-hydrogen) atoms. The van der Waals surface area contributed by atoms with Gasteiger partial charge in [-0.3, -0.25) is 5.10 Å². The summed E-state index contributed by atoms with van der Waals surface area (Å²) in [5, 5.41) is 22.7. The lowest BCUT2D eigenvalue weighted by molar-refractivity contribution is 0.144. The summed E-state index contributed by atoms with van der Waals surface area (Å²) in [6, 6.07) is 16.4. The lowest BCUT2D eigenvalue weighted by Crippen LogP contribution is -2.36. The summed E-state index contributed by atoms with van der Waals surface area (Å²) in [5.41, 5.74) is 4.63. The molecule has 0 spiro atoms. The number of aromatic amines is 1. The van der Waals surface area contributed by atoms with Gasteiger partial charge in [-0.1, -0.05) is 36.4 Å². The fraction of sp³-hybridized carbons (Fsp3) is 0.158. The molecule has 4 N–H and O–H groups in total. The minimum atomic E-state index is -0.606. The number of nitrogens with one attached hydrogen (secondary N) is 3. The minimum Gasteiger partial charge on any atom is -0.390 e. The van der Waals surface area contributed by atoms with Gasteiger partial charge in [0.05, 0.1) is 17.8 Å². The summed E-state index contributed by atoms with van der Waals surface area (Å²) >= 11 is 0. The summed E-state index contributed by atoms with van der Waals surface area (Å²) in [4.78, 5) is 12.3. The molecule has 0 radical (unpaired) electrons. The fourth-order valence-electron chi connectivity index (χ4n) is 3.21. The molecule has 0 saturated heterocycles. The van der Waals surface area contributed by atoms with Gasteiger partial charge in [-0.25, -0.2) is 4.79 Å². The van der Waals surface area contributed by atoms with E-state index in [1.165, 1.54) is 0 Å². The third-order valence-corrected chi connectivity index (χ3v) is 4.45. The molecule has 2 amide bonds. The van der Waals surface area contributed by atoms with E-state index < -0.39 is 6.10 Å². The quantitative estimate of drug-likeness (QED) is 0.594. The van der Waals surface area contributed by atoms with Gasteiger partial charge in [0.1, 0.15) is 0 Å². The van der Waals surface area contributed by atoms with Crippen molar-refractivity contribution in [2.75, 3.05) is 5.32 Å². The zero-order chi connectivity index (χ0) is 17.2. The number of anilines is 1. The summed E-state index contributed by atoms with van der Waals surface area (Å²) in [7, 11) is 0. The highest BCUT2D eigenvalue weighted by Crippen LogP contribution is 2.31. The average molecular weight is 334 g/mol. The molecule has 1 aliphatic carbocycles. The molecule has 0 fully saturated rings. The molecule has 6 nitrogen and oxygen atoms in total.